The van der Waals surface area contributed by atoms with Gasteiger partial charge in [0.1, 0.15) is 5.75 Å². The molecule has 0 N–H and O–H groups in total. The van der Waals surface area contributed by atoms with Gasteiger partial charge in [0.2, 0.25) is 10.0 Å². The summed E-state index contributed by atoms with van der Waals surface area (Å²) in [6.07, 6.45) is 1.26. The Morgan fingerprint density at radius 1 is 1.11 bits per heavy atom. The summed E-state index contributed by atoms with van der Waals surface area (Å²) in [6, 6.07) is 5.28. The van der Waals surface area contributed by atoms with Gasteiger partial charge in [0.15, 0.2) is 6.79 Å². The van der Waals surface area contributed by atoms with Gasteiger partial charge in [-0.05, 0) is 31.0 Å². The second-order valence-electron chi connectivity index (χ2n) is 7.00. The van der Waals surface area contributed by atoms with Crippen LogP contribution < -0.4 is 4.74 Å². The van der Waals surface area contributed by atoms with Gasteiger partial charge >= 0.3 is 0 Å². The first-order chi connectivity index (χ1) is 13.1. The summed E-state index contributed by atoms with van der Waals surface area (Å²) in [7, 11) is -3.43. The quantitative estimate of drug-likeness (QED) is 0.752. The predicted molar refractivity (Wildman–Crippen MR) is 97.0 cm³/mol. The number of rotatable bonds is 3. The monoisotopic (exact) mass is 396 g/mol. The van der Waals surface area contributed by atoms with Crippen LogP contribution in [0.15, 0.2) is 18.2 Å². The van der Waals surface area contributed by atoms with E-state index in [0.29, 0.717) is 57.9 Å². The summed E-state index contributed by atoms with van der Waals surface area (Å²) in [5.41, 5.74) is 1.37. The van der Waals surface area contributed by atoms with E-state index in [1.807, 2.05) is 0 Å². The van der Waals surface area contributed by atoms with Crippen molar-refractivity contribution in [3.05, 3.63) is 29.3 Å². The molecule has 0 aromatic heterocycles. The minimum Gasteiger partial charge on any atom is -0.467 e. The van der Waals surface area contributed by atoms with Crippen molar-refractivity contribution in [1.82, 2.24) is 9.21 Å². The van der Waals surface area contributed by atoms with E-state index in [1.54, 1.807) is 23.1 Å². The predicted octanol–water partition coefficient (Wildman–Crippen LogP) is 0.820. The van der Waals surface area contributed by atoms with Crippen LogP contribution in [0.2, 0.25) is 0 Å². The Kier molecular flexibility index (Phi) is 5.36. The van der Waals surface area contributed by atoms with E-state index in [4.69, 9.17) is 14.2 Å². The largest absolute Gasteiger partial charge is 0.467 e. The third-order valence-electron chi connectivity index (χ3n) is 5.28. The maximum Gasteiger partial charge on any atom is 0.253 e. The Morgan fingerprint density at radius 2 is 1.93 bits per heavy atom. The highest BCUT2D eigenvalue weighted by Crippen LogP contribution is 2.27. The maximum absolute atomic E-state index is 13.0. The van der Waals surface area contributed by atoms with Crippen LogP contribution in [0.25, 0.3) is 0 Å². The zero-order chi connectivity index (χ0) is 18.9. The van der Waals surface area contributed by atoms with Gasteiger partial charge in [-0.3, -0.25) is 4.79 Å². The molecule has 1 atom stereocenters. The van der Waals surface area contributed by atoms with Gasteiger partial charge in [-0.2, -0.15) is 4.31 Å². The maximum atomic E-state index is 13.0. The fraction of sp³-hybridized carbons (Fsp3) is 0.611. The molecule has 9 heteroatoms. The third kappa shape index (κ3) is 3.82. The average Bonchev–Trinajstić information content (AvgIpc) is 2.73. The number of piperidine rings is 1. The molecule has 0 unspecified atom stereocenters. The molecule has 148 valence electrons. The molecule has 2 fully saturated rings. The zero-order valence-electron chi connectivity index (χ0n) is 15.1. The summed E-state index contributed by atoms with van der Waals surface area (Å²) < 4.78 is 43.3. The van der Waals surface area contributed by atoms with E-state index in [2.05, 4.69) is 0 Å². The summed E-state index contributed by atoms with van der Waals surface area (Å²) in [6.45, 7) is 3.04. The van der Waals surface area contributed by atoms with Crippen LogP contribution in [0, 0.1) is 0 Å². The summed E-state index contributed by atoms with van der Waals surface area (Å²) in [5.74, 6) is 0.578. The average molecular weight is 396 g/mol. The normalized spacial score (nSPS) is 24.1. The van der Waals surface area contributed by atoms with E-state index >= 15 is 0 Å². The number of ether oxygens (including phenoxy) is 3. The number of fused-ring (bicyclic) bond motifs is 1. The van der Waals surface area contributed by atoms with Crippen molar-refractivity contribution in [2.75, 3.05) is 46.2 Å². The first kappa shape index (κ1) is 18.7. The zero-order valence-corrected chi connectivity index (χ0v) is 15.9. The highest BCUT2D eigenvalue weighted by molar-refractivity contribution is 7.89. The lowest BCUT2D eigenvalue weighted by atomic mass is 10.1. The number of morpholine rings is 1. The van der Waals surface area contributed by atoms with E-state index in [-0.39, 0.29) is 19.2 Å². The number of nitrogens with zero attached hydrogens (tertiary/aromatic N) is 2. The molecule has 1 aromatic rings. The number of carbonyl (C=O) groups is 1. The van der Waals surface area contributed by atoms with Crippen LogP contribution in [0.4, 0.5) is 0 Å². The molecule has 8 nitrogen and oxygen atoms in total. The molecule has 0 spiro atoms. The summed E-state index contributed by atoms with van der Waals surface area (Å²) in [4.78, 5) is 14.6. The van der Waals surface area contributed by atoms with E-state index in [0.717, 1.165) is 11.3 Å². The van der Waals surface area contributed by atoms with Crippen LogP contribution in [-0.2, 0) is 26.1 Å². The van der Waals surface area contributed by atoms with Crippen molar-refractivity contribution in [2.45, 2.75) is 24.7 Å². The van der Waals surface area contributed by atoms with Gasteiger partial charge in [0, 0.05) is 37.3 Å². The minimum absolute atomic E-state index is 0.148. The molecule has 0 saturated carbocycles. The fourth-order valence-corrected chi connectivity index (χ4v) is 5.70. The second-order valence-corrected chi connectivity index (χ2v) is 9.22. The van der Waals surface area contributed by atoms with Gasteiger partial charge in [-0.15, -0.1) is 0 Å². The highest BCUT2D eigenvalue weighted by Gasteiger charge is 2.37. The van der Waals surface area contributed by atoms with E-state index in [9.17, 15) is 13.2 Å². The first-order valence-electron chi connectivity index (χ1n) is 9.25. The fourth-order valence-electron chi connectivity index (χ4n) is 3.78. The Morgan fingerprint density at radius 3 is 2.74 bits per heavy atom. The lowest BCUT2D eigenvalue weighted by Gasteiger charge is -2.36. The summed E-state index contributed by atoms with van der Waals surface area (Å²) in [5, 5.41) is -0.558. The molecule has 4 rings (SSSR count). The molecule has 0 bridgehead atoms. The molecule has 27 heavy (non-hydrogen) atoms. The third-order valence-corrected chi connectivity index (χ3v) is 7.59. The van der Waals surface area contributed by atoms with Crippen LogP contribution in [0.5, 0.6) is 5.75 Å². The SMILES string of the molecule is O=C(c1ccc2c(c1)COCO2)N1CCC[C@H](S(=O)(=O)N2CCOCC2)C1. The van der Waals surface area contributed by atoms with E-state index < -0.39 is 15.3 Å². The van der Waals surface area contributed by atoms with Crippen LogP contribution in [0.1, 0.15) is 28.8 Å². The number of sulfonamides is 1. The number of carbonyl (C=O) groups excluding carboxylic acids is 1. The van der Waals surface area contributed by atoms with Crippen LogP contribution >= 0.6 is 0 Å². The van der Waals surface area contributed by atoms with Gasteiger partial charge in [-0.1, -0.05) is 0 Å². The van der Waals surface area contributed by atoms with Gasteiger partial charge in [0.05, 0.1) is 25.1 Å². The van der Waals surface area contributed by atoms with Crippen LogP contribution in [-0.4, -0.2) is 75.0 Å². The smallest absolute Gasteiger partial charge is 0.253 e. The molecule has 1 aromatic carbocycles. The highest BCUT2D eigenvalue weighted by atomic mass is 32.2. The molecular formula is C18H24N2O6S. The van der Waals surface area contributed by atoms with Crippen molar-refractivity contribution < 1.29 is 27.4 Å². The Bertz CT molecular complexity index is 806. The Balaban J connectivity index is 1.48. The van der Waals surface area contributed by atoms with Crippen molar-refractivity contribution in [3.8, 4) is 5.75 Å². The second kappa shape index (κ2) is 7.75. The molecule has 3 aliphatic heterocycles. The van der Waals surface area contributed by atoms with Gasteiger partial charge in [-0.25, -0.2) is 8.42 Å². The lowest BCUT2D eigenvalue weighted by molar-refractivity contribution is -0.0164. The van der Waals surface area contributed by atoms with Gasteiger partial charge < -0.3 is 19.1 Å². The molecule has 3 aliphatic rings. The number of hydrogen-bond acceptors (Lipinski definition) is 6. The van der Waals surface area contributed by atoms with Crippen molar-refractivity contribution >= 4 is 15.9 Å². The molecule has 1 amide bonds. The van der Waals surface area contributed by atoms with Crippen molar-refractivity contribution in [2.24, 2.45) is 0 Å². The molecule has 3 heterocycles. The Hall–Kier alpha value is -1.68. The standard InChI is InChI=1S/C18H24N2O6S/c21-18(14-3-4-17-15(10-14)12-25-13-26-17)19-5-1-2-16(11-19)27(22,23)20-6-8-24-9-7-20/h3-4,10,16H,1-2,5-9,11-13H2/t16-/m0/s1. The molecule has 2 saturated heterocycles. The first-order valence-corrected chi connectivity index (χ1v) is 10.8. The van der Waals surface area contributed by atoms with Crippen molar-refractivity contribution in [1.29, 1.82) is 0 Å². The molecule has 0 aliphatic carbocycles. The lowest BCUT2D eigenvalue weighted by Crippen LogP contribution is -2.51. The van der Waals surface area contributed by atoms with Crippen LogP contribution in [0.3, 0.4) is 0 Å². The Labute approximate surface area is 159 Å². The number of hydrogen-bond donors (Lipinski definition) is 0. The minimum atomic E-state index is -3.43. The summed E-state index contributed by atoms with van der Waals surface area (Å²) >= 11 is 0. The number of amides is 1. The van der Waals surface area contributed by atoms with Crippen molar-refractivity contribution in [3.63, 3.8) is 0 Å². The molecule has 0 radical (unpaired) electrons. The number of likely N-dealkylation sites (tertiary alicyclic amines) is 1. The van der Waals surface area contributed by atoms with E-state index in [1.165, 1.54) is 4.31 Å². The topological polar surface area (TPSA) is 85.4 Å². The molecular weight excluding hydrogens is 372 g/mol. The van der Waals surface area contributed by atoms with Gasteiger partial charge in [0.25, 0.3) is 5.91 Å². The number of benzene rings is 1.